The Bertz CT molecular complexity index is 364. The summed E-state index contributed by atoms with van der Waals surface area (Å²) in [7, 11) is 1.43. The smallest absolute Gasteiger partial charge is 0.383 e. The topological polar surface area (TPSA) is 18.5 Å². The number of rotatable bonds is 6. The number of unbranched alkanes of at least 4 members (excludes halogenated alkanes) is 1. The minimum atomic E-state index is -5.47. The number of alkyl halides is 6. The first-order chi connectivity index (χ1) is 8.60. The molecule has 0 atom stereocenters. The van der Waals surface area contributed by atoms with E-state index in [2.05, 4.69) is 9.47 Å². The van der Waals surface area contributed by atoms with E-state index in [9.17, 15) is 26.3 Å². The second kappa shape index (κ2) is 5.22. The van der Waals surface area contributed by atoms with E-state index in [4.69, 9.17) is 0 Å². The van der Waals surface area contributed by atoms with Crippen molar-refractivity contribution in [3.05, 3.63) is 11.3 Å². The van der Waals surface area contributed by atoms with Crippen LogP contribution in [0.25, 0.3) is 0 Å². The van der Waals surface area contributed by atoms with Gasteiger partial charge in [-0.2, -0.15) is 26.3 Å². The average Bonchev–Trinajstić information content (AvgIpc) is 2.39. The highest BCUT2D eigenvalue weighted by Gasteiger charge is 2.80. The molecule has 0 saturated carbocycles. The molecule has 0 heterocycles. The summed E-state index contributed by atoms with van der Waals surface area (Å²) in [5.74, 6) is -17.0. The van der Waals surface area contributed by atoms with Gasteiger partial charge >= 0.3 is 17.8 Å². The summed E-state index contributed by atoms with van der Waals surface area (Å²) < 4.78 is 87.9. The lowest BCUT2D eigenvalue weighted by Crippen LogP contribution is -2.49. The Kier molecular flexibility index (Phi) is 4.44. The predicted molar refractivity (Wildman–Crippen MR) is 54.6 cm³/mol. The molecule has 0 saturated heterocycles. The zero-order valence-electron chi connectivity index (χ0n) is 10.4. The molecule has 1 rings (SSSR count). The number of allylic oxidation sites excluding steroid dienone is 2. The molecule has 1 aliphatic carbocycles. The molecule has 8 heteroatoms. The molecule has 2 nitrogen and oxygen atoms in total. The van der Waals surface area contributed by atoms with E-state index < -0.39 is 29.1 Å². The van der Waals surface area contributed by atoms with Crippen LogP contribution in [-0.4, -0.2) is 38.1 Å². The third-order valence-electron chi connectivity index (χ3n) is 2.87. The van der Waals surface area contributed by atoms with Gasteiger partial charge in [0.05, 0.1) is 6.61 Å². The maximum Gasteiger partial charge on any atom is 0.383 e. The van der Waals surface area contributed by atoms with Gasteiger partial charge in [-0.1, -0.05) is 0 Å². The quantitative estimate of drug-likeness (QED) is 0.550. The molecule has 0 bridgehead atoms. The minimum absolute atomic E-state index is 0.234. The van der Waals surface area contributed by atoms with Gasteiger partial charge in [0.15, 0.2) is 5.76 Å². The molecule has 112 valence electrons. The van der Waals surface area contributed by atoms with Crippen molar-refractivity contribution in [2.24, 2.45) is 0 Å². The van der Waals surface area contributed by atoms with Gasteiger partial charge in [-0.25, -0.2) is 0 Å². The van der Waals surface area contributed by atoms with Crippen molar-refractivity contribution in [2.45, 2.75) is 37.5 Å². The van der Waals surface area contributed by atoms with Crippen molar-refractivity contribution in [3.8, 4) is 0 Å². The number of hydrogen-bond acceptors (Lipinski definition) is 2. The fourth-order valence-corrected chi connectivity index (χ4v) is 1.67. The predicted octanol–water partition coefficient (Wildman–Crippen LogP) is 3.62. The van der Waals surface area contributed by atoms with Crippen molar-refractivity contribution in [2.75, 3.05) is 20.3 Å². The maximum atomic E-state index is 13.3. The van der Waals surface area contributed by atoms with Crippen LogP contribution in [0.1, 0.15) is 19.8 Å². The summed E-state index contributed by atoms with van der Waals surface area (Å²) >= 11 is 0. The summed E-state index contributed by atoms with van der Waals surface area (Å²) in [4.78, 5) is 0. The lowest BCUT2D eigenvalue weighted by atomic mass is 10.1. The molecule has 0 amide bonds. The highest BCUT2D eigenvalue weighted by molar-refractivity contribution is 5.36. The summed E-state index contributed by atoms with van der Waals surface area (Å²) in [6.45, 7) is 0.515. The average molecular weight is 292 g/mol. The van der Waals surface area contributed by atoms with Crippen LogP contribution in [-0.2, 0) is 9.47 Å². The van der Waals surface area contributed by atoms with Gasteiger partial charge in [-0.05, 0) is 19.8 Å². The number of methoxy groups -OCH3 is 1. The highest BCUT2D eigenvalue weighted by atomic mass is 19.3. The van der Waals surface area contributed by atoms with Crippen LogP contribution in [0, 0.1) is 0 Å². The Balaban J connectivity index is 2.79. The van der Waals surface area contributed by atoms with Crippen LogP contribution in [0.2, 0.25) is 0 Å². The van der Waals surface area contributed by atoms with Gasteiger partial charge in [0, 0.05) is 19.3 Å². The Morgan fingerprint density at radius 1 is 0.895 bits per heavy atom. The molecule has 0 fully saturated rings. The number of halogens is 6. The van der Waals surface area contributed by atoms with E-state index in [0.29, 0.717) is 20.0 Å². The first-order valence-electron chi connectivity index (χ1n) is 5.57. The molecule has 0 spiro atoms. The van der Waals surface area contributed by atoms with Crippen LogP contribution in [0.4, 0.5) is 26.3 Å². The summed E-state index contributed by atoms with van der Waals surface area (Å²) in [6.07, 6.45) is 0.680. The van der Waals surface area contributed by atoms with Gasteiger partial charge in [-0.3, -0.25) is 0 Å². The summed E-state index contributed by atoms with van der Waals surface area (Å²) in [6, 6.07) is 0. The zero-order valence-corrected chi connectivity index (χ0v) is 10.4. The van der Waals surface area contributed by atoms with Gasteiger partial charge in [-0.15, -0.1) is 0 Å². The Hall–Kier alpha value is -0.920. The summed E-state index contributed by atoms with van der Waals surface area (Å²) in [5, 5.41) is 0. The second-order valence-corrected chi connectivity index (χ2v) is 4.23. The molecule has 0 aliphatic heterocycles. The van der Waals surface area contributed by atoms with Gasteiger partial charge in [0.1, 0.15) is 0 Å². The molecule has 0 unspecified atom stereocenters. The molecular formula is C11H14F6O2. The standard InChI is InChI=1S/C11H14F6O2/c1-7-8(19-6-4-3-5-18-2)10(14,15)11(16,17)9(7,12)13/h3-6H2,1-2H3. The third-order valence-corrected chi connectivity index (χ3v) is 2.87. The van der Waals surface area contributed by atoms with E-state index >= 15 is 0 Å². The third kappa shape index (κ3) is 2.42. The first kappa shape index (κ1) is 16.1. The summed E-state index contributed by atoms with van der Waals surface area (Å²) in [5.41, 5.74) is -1.42. The van der Waals surface area contributed by atoms with Crippen LogP contribution in [0.15, 0.2) is 11.3 Å². The molecule has 19 heavy (non-hydrogen) atoms. The number of ether oxygens (including phenoxy) is 2. The van der Waals surface area contributed by atoms with E-state index in [1.807, 2.05) is 0 Å². The van der Waals surface area contributed by atoms with E-state index in [1.165, 1.54) is 7.11 Å². The molecule has 0 radical (unpaired) electrons. The monoisotopic (exact) mass is 292 g/mol. The van der Waals surface area contributed by atoms with Crippen LogP contribution < -0.4 is 0 Å². The van der Waals surface area contributed by atoms with E-state index in [1.54, 1.807) is 0 Å². The van der Waals surface area contributed by atoms with E-state index in [0.717, 1.165) is 0 Å². The molecule has 0 aromatic heterocycles. The first-order valence-corrected chi connectivity index (χ1v) is 5.57. The normalized spacial score (nSPS) is 23.8. The van der Waals surface area contributed by atoms with Crippen molar-refractivity contribution in [1.29, 1.82) is 0 Å². The van der Waals surface area contributed by atoms with Gasteiger partial charge in [0.25, 0.3) is 0 Å². The van der Waals surface area contributed by atoms with Gasteiger partial charge < -0.3 is 9.47 Å². The fourth-order valence-electron chi connectivity index (χ4n) is 1.67. The number of hydrogen-bond donors (Lipinski definition) is 0. The Labute approximate surface area is 106 Å². The van der Waals surface area contributed by atoms with E-state index in [-0.39, 0.29) is 13.0 Å². The van der Waals surface area contributed by atoms with Crippen molar-refractivity contribution in [1.82, 2.24) is 0 Å². The molecule has 0 N–H and O–H groups in total. The van der Waals surface area contributed by atoms with Crippen molar-refractivity contribution >= 4 is 0 Å². The van der Waals surface area contributed by atoms with Crippen LogP contribution in [0.5, 0.6) is 0 Å². The van der Waals surface area contributed by atoms with Crippen molar-refractivity contribution < 1.29 is 35.8 Å². The van der Waals surface area contributed by atoms with Crippen LogP contribution >= 0.6 is 0 Å². The molecule has 0 aromatic carbocycles. The minimum Gasteiger partial charge on any atom is -0.491 e. The maximum absolute atomic E-state index is 13.3. The van der Waals surface area contributed by atoms with Gasteiger partial charge in [0.2, 0.25) is 0 Å². The zero-order chi connectivity index (χ0) is 14.9. The molecule has 0 aromatic rings. The lowest BCUT2D eigenvalue weighted by molar-refractivity contribution is -0.271. The van der Waals surface area contributed by atoms with Crippen molar-refractivity contribution in [3.63, 3.8) is 0 Å². The Morgan fingerprint density at radius 2 is 1.42 bits per heavy atom. The highest BCUT2D eigenvalue weighted by Crippen LogP contribution is 2.59. The largest absolute Gasteiger partial charge is 0.491 e. The van der Waals surface area contributed by atoms with Crippen LogP contribution in [0.3, 0.4) is 0 Å². The second-order valence-electron chi connectivity index (χ2n) is 4.23. The Morgan fingerprint density at radius 3 is 1.84 bits per heavy atom. The lowest BCUT2D eigenvalue weighted by Gasteiger charge is -2.24. The SMILES string of the molecule is COCCCCOC1=C(C)C(F)(F)C(F)(F)C1(F)F. The molecular weight excluding hydrogens is 278 g/mol. The fraction of sp³-hybridized carbons (Fsp3) is 0.818. The molecule has 1 aliphatic rings.